The van der Waals surface area contributed by atoms with Gasteiger partial charge in [0, 0.05) is 18.8 Å². The third kappa shape index (κ3) is 4.66. The number of hydrogen-bond acceptors (Lipinski definition) is 4. The van der Waals surface area contributed by atoms with Crippen molar-refractivity contribution in [2.75, 3.05) is 19.1 Å². The van der Waals surface area contributed by atoms with Gasteiger partial charge in [0.1, 0.15) is 0 Å². The monoisotopic (exact) mass is 268 g/mol. The fourth-order valence-electron chi connectivity index (χ4n) is 1.56. The number of carboxylic acids is 1. The van der Waals surface area contributed by atoms with Crippen LogP contribution >= 0.6 is 11.8 Å². The van der Waals surface area contributed by atoms with Crippen LogP contribution in [0.25, 0.3) is 0 Å². The minimum Gasteiger partial charge on any atom is -0.478 e. The molecule has 0 aliphatic heterocycles. The summed E-state index contributed by atoms with van der Waals surface area (Å²) in [6.45, 7) is 2.94. The Bertz CT molecular complexity index is 381. The highest BCUT2D eigenvalue weighted by molar-refractivity contribution is 7.98. The molecular weight excluding hydrogens is 248 g/mol. The zero-order valence-corrected chi connectivity index (χ0v) is 11.9. The molecule has 0 amide bonds. The Morgan fingerprint density at radius 3 is 2.78 bits per heavy atom. The molecule has 0 fully saturated rings. The Hall–Kier alpha value is -1.07. The summed E-state index contributed by atoms with van der Waals surface area (Å²) < 4.78 is 0. The van der Waals surface area contributed by atoms with Crippen molar-refractivity contribution in [1.82, 2.24) is 9.88 Å². The third-order valence-corrected chi connectivity index (χ3v) is 3.62. The summed E-state index contributed by atoms with van der Waals surface area (Å²) in [5.74, 6) is 0.215. The highest BCUT2D eigenvalue weighted by Crippen LogP contribution is 2.10. The van der Waals surface area contributed by atoms with Gasteiger partial charge >= 0.3 is 5.97 Å². The van der Waals surface area contributed by atoms with Crippen LogP contribution in [0.3, 0.4) is 0 Å². The molecule has 1 unspecified atom stereocenters. The van der Waals surface area contributed by atoms with Crippen LogP contribution in [0.15, 0.2) is 18.3 Å². The molecule has 1 N–H and O–H groups in total. The predicted molar refractivity (Wildman–Crippen MR) is 75.1 cm³/mol. The predicted octanol–water partition coefficient (Wildman–Crippen LogP) is 2.35. The number of thioether (sulfide) groups is 1. The van der Waals surface area contributed by atoms with Gasteiger partial charge in [-0.05, 0) is 44.5 Å². The maximum Gasteiger partial charge on any atom is 0.337 e. The molecule has 0 aliphatic carbocycles. The van der Waals surface area contributed by atoms with E-state index in [2.05, 4.69) is 30.1 Å². The molecule has 0 saturated heterocycles. The van der Waals surface area contributed by atoms with E-state index in [-0.39, 0.29) is 5.56 Å². The zero-order chi connectivity index (χ0) is 13.5. The largest absolute Gasteiger partial charge is 0.478 e. The molecule has 1 atom stereocenters. The number of pyridine rings is 1. The lowest BCUT2D eigenvalue weighted by atomic mass is 10.2. The van der Waals surface area contributed by atoms with Gasteiger partial charge in [0.15, 0.2) is 0 Å². The Labute approximate surface area is 112 Å². The van der Waals surface area contributed by atoms with Gasteiger partial charge in [0.25, 0.3) is 0 Å². The van der Waals surface area contributed by atoms with Crippen molar-refractivity contribution in [2.45, 2.75) is 25.9 Å². The third-order valence-electron chi connectivity index (χ3n) is 2.98. The van der Waals surface area contributed by atoms with E-state index in [9.17, 15) is 4.79 Å². The standard InChI is InChI=1S/C13H20N2O2S/c1-10(6-7-18-3)15(2)9-12-5-4-11(8-14-12)13(16)17/h4-5,8,10H,6-7,9H2,1-3H3,(H,16,17). The van der Waals surface area contributed by atoms with Gasteiger partial charge in [-0.3, -0.25) is 9.88 Å². The first-order valence-electron chi connectivity index (χ1n) is 5.92. The molecule has 0 radical (unpaired) electrons. The topological polar surface area (TPSA) is 53.4 Å². The Morgan fingerprint density at radius 1 is 1.56 bits per heavy atom. The molecule has 5 heteroatoms. The van der Waals surface area contributed by atoms with E-state index in [1.807, 2.05) is 11.8 Å². The number of carbonyl (C=O) groups is 1. The Kier molecular flexibility index (Phi) is 6.15. The van der Waals surface area contributed by atoms with E-state index in [0.717, 1.165) is 24.4 Å². The SMILES string of the molecule is CSCCC(C)N(C)Cc1ccc(C(=O)O)cn1. The van der Waals surface area contributed by atoms with Crippen LogP contribution in [0.4, 0.5) is 0 Å². The van der Waals surface area contributed by atoms with E-state index >= 15 is 0 Å². The molecule has 0 aliphatic rings. The summed E-state index contributed by atoms with van der Waals surface area (Å²) in [7, 11) is 2.07. The van der Waals surface area contributed by atoms with Gasteiger partial charge in [0.05, 0.1) is 11.3 Å². The summed E-state index contributed by atoms with van der Waals surface area (Å²) in [5, 5.41) is 8.79. The molecule has 4 nitrogen and oxygen atoms in total. The van der Waals surface area contributed by atoms with E-state index in [0.29, 0.717) is 6.04 Å². The molecule has 18 heavy (non-hydrogen) atoms. The minimum atomic E-state index is -0.934. The van der Waals surface area contributed by atoms with Crippen LogP contribution in [-0.2, 0) is 6.54 Å². The fourth-order valence-corrected chi connectivity index (χ4v) is 2.14. The van der Waals surface area contributed by atoms with E-state index in [1.54, 1.807) is 12.1 Å². The van der Waals surface area contributed by atoms with Gasteiger partial charge < -0.3 is 5.11 Å². The molecule has 1 aromatic heterocycles. The summed E-state index contributed by atoms with van der Waals surface area (Å²) >= 11 is 1.85. The lowest BCUT2D eigenvalue weighted by Gasteiger charge is -2.24. The lowest BCUT2D eigenvalue weighted by molar-refractivity contribution is 0.0696. The summed E-state index contributed by atoms with van der Waals surface area (Å²) in [6.07, 6.45) is 4.67. The summed E-state index contributed by atoms with van der Waals surface area (Å²) in [6, 6.07) is 3.88. The first-order chi connectivity index (χ1) is 8.54. The van der Waals surface area contributed by atoms with Gasteiger partial charge in [-0.25, -0.2) is 4.79 Å². The van der Waals surface area contributed by atoms with Crippen LogP contribution in [0, 0.1) is 0 Å². The van der Waals surface area contributed by atoms with Gasteiger partial charge in [0.2, 0.25) is 0 Å². The normalized spacial score (nSPS) is 12.7. The van der Waals surface area contributed by atoms with Crippen molar-refractivity contribution >= 4 is 17.7 Å². The smallest absolute Gasteiger partial charge is 0.337 e. The second kappa shape index (κ2) is 7.38. The maximum absolute atomic E-state index is 10.7. The van der Waals surface area contributed by atoms with Crippen molar-refractivity contribution in [3.05, 3.63) is 29.6 Å². The van der Waals surface area contributed by atoms with Gasteiger partial charge in [-0.2, -0.15) is 11.8 Å². The number of aromatic nitrogens is 1. The average molecular weight is 268 g/mol. The average Bonchev–Trinajstić information content (AvgIpc) is 2.36. The van der Waals surface area contributed by atoms with Crippen LogP contribution < -0.4 is 0 Å². The zero-order valence-electron chi connectivity index (χ0n) is 11.1. The first-order valence-corrected chi connectivity index (χ1v) is 7.31. The van der Waals surface area contributed by atoms with Gasteiger partial charge in [-0.1, -0.05) is 0 Å². The molecule has 0 saturated carbocycles. The highest BCUT2D eigenvalue weighted by atomic mass is 32.2. The van der Waals surface area contributed by atoms with Crippen LogP contribution in [-0.4, -0.2) is 46.1 Å². The summed E-state index contributed by atoms with van der Waals surface area (Å²) in [5.41, 5.74) is 1.13. The van der Waals surface area contributed by atoms with Gasteiger partial charge in [-0.15, -0.1) is 0 Å². The van der Waals surface area contributed by atoms with Crippen LogP contribution in [0.1, 0.15) is 29.4 Å². The van der Waals surface area contributed by atoms with Crippen molar-refractivity contribution in [1.29, 1.82) is 0 Å². The maximum atomic E-state index is 10.7. The van der Waals surface area contributed by atoms with Crippen LogP contribution in [0.5, 0.6) is 0 Å². The Morgan fingerprint density at radius 2 is 2.28 bits per heavy atom. The second-order valence-corrected chi connectivity index (χ2v) is 5.37. The quantitative estimate of drug-likeness (QED) is 0.822. The molecule has 1 aromatic rings. The number of aromatic carboxylic acids is 1. The molecule has 100 valence electrons. The van der Waals surface area contributed by atoms with Crippen molar-refractivity contribution in [3.8, 4) is 0 Å². The fraction of sp³-hybridized carbons (Fsp3) is 0.538. The van der Waals surface area contributed by atoms with Crippen LogP contribution in [0.2, 0.25) is 0 Å². The number of nitrogens with zero attached hydrogens (tertiary/aromatic N) is 2. The minimum absolute atomic E-state index is 0.233. The second-order valence-electron chi connectivity index (χ2n) is 4.39. The summed E-state index contributed by atoms with van der Waals surface area (Å²) in [4.78, 5) is 17.1. The molecule has 1 heterocycles. The first kappa shape index (κ1) is 15.0. The Balaban J connectivity index is 2.53. The van der Waals surface area contributed by atoms with E-state index in [1.165, 1.54) is 6.20 Å². The number of rotatable bonds is 7. The molecule has 0 bridgehead atoms. The lowest BCUT2D eigenvalue weighted by Crippen LogP contribution is -2.29. The van der Waals surface area contributed by atoms with Crippen molar-refractivity contribution in [3.63, 3.8) is 0 Å². The van der Waals surface area contributed by atoms with E-state index < -0.39 is 5.97 Å². The molecule has 0 spiro atoms. The molecule has 0 aromatic carbocycles. The van der Waals surface area contributed by atoms with Crippen molar-refractivity contribution in [2.24, 2.45) is 0 Å². The number of carboxylic acid groups (broad SMARTS) is 1. The molecule has 1 rings (SSSR count). The van der Waals surface area contributed by atoms with Crippen molar-refractivity contribution < 1.29 is 9.90 Å². The molecular formula is C13H20N2O2S. The highest BCUT2D eigenvalue weighted by Gasteiger charge is 2.10. The van der Waals surface area contributed by atoms with E-state index in [4.69, 9.17) is 5.11 Å². The number of hydrogen-bond donors (Lipinski definition) is 1.